The van der Waals surface area contributed by atoms with Crippen molar-refractivity contribution < 1.29 is 9.53 Å². The fourth-order valence-corrected chi connectivity index (χ4v) is 3.85. The molecule has 24 heavy (non-hydrogen) atoms. The van der Waals surface area contributed by atoms with E-state index in [9.17, 15) is 4.79 Å². The number of pyridine rings is 1. The van der Waals surface area contributed by atoms with Crippen molar-refractivity contribution in [3.05, 3.63) is 36.0 Å². The highest BCUT2D eigenvalue weighted by molar-refractivity contribution is 5.95. The van der Waals surface area contributed by atoms with Crippen molar-refractivity contribution in [1.29, 1.82) is 0 Å². The minimum absolute atomic E-state index is 0.0536. The first-order chi connectivity index (χ1) is 11.7. The number of aromatic nitrogens is 1. The SMILES string of the molecule is COc1ccc2nc(C(=O)N3CCN4CCCC[C@@H]4C3)ccc2c1. The summed E-state index contributed by atoms with van der Waals surface area (Å²) in [6.07, 6.45) is 3.77. The first-order valence-corrected chi connectivity index (χ1v) is 8.73. The third-order valence-corrected chi connectivity index (χ3v) is 5.24. The highest BCUT2D eigenvalue weighted by Crippen LogP contribution is 2.23. The number of amides is 1. The molecular formula is C19H23N3O2. The lowest BCUT2D eigenvalue weighted by atomic mass is 9.99. The Kier molecular flexibility index (Phi) is 4.10. The Hall–Kier alpha value is -2.14. The second kappa shape index (κ2) is 6.40. The third-order valence-electron chi connectivity index (χ3n) is 5.24. The number of piperidine rings is 1. The summed E-state index contributed by atoms with van der Waals surface area (Å²) in [5, 5.41) is 0.989. The van der Waals surface area contributed by atoms with Crippen LogP contribution in [-0.4, -0.2) is 60.0 Å². The standard InChI is InChI=1S/C19H23N3O2/c1-24-16-6-8-17-14(12-16)5-7-18(20-17)19(23)22-11-10-21-9-3-2-4-15(21)13-22/h5-8,12,15H,2-4,9-11,13H2,1H3/t15-/m1/s1. The van der Waals surface area contributed by atoms with E-state index in [0.29, 0.717) is 11.7 Å². The summed E-state index contributed by atoms with van der Waals surface area (Å²) in [6, 6.07) is 10.0. The van der Waals surface area contributed by atoms with Gasteiger partial charge in [-0.3, -0.25) is 9.69 Å². The number of nitrogens with zero attached hydrogens (tertiary/aromatic N) is 3. The molecule has 0 aliphatic carbocycles. The summed E-state index contributed by atoms with van der Waals surface area (Å²) in [5.74, 6) is 0.856. The molecule has 3 heterocycles. The number of hydrogen-bond donors (Lipinski definition) is 0. The Morgan fingerprint density at radius 1 is 1.17 bits per heavy atom. The van der Waals surface area contributed by atoms with Gasteiger partial charge >= 0.3 is 0 Å². The Balaban J connectivity index is 1.54. The fourth-order valence-electron chi connectivity index (χ4n) is 3.85. The van der Waals surface area contributed by atoms with Crippen LogP contribution in [0.1, 0.15) is 29.8 Å². The zero-order valence-corrected chi connectivity index (χ0v) is 14.1. The fraction of sp³-hybridized carbons (Fsp3) is 0.474. The van der Waals surface area contributed by atoms with Crippen molar-refractivity contribution in [2.75, 3.05) is 33.3 Å². The number of piperazine rings is 1. The van der Waals surface area contributed by atoms with Crippen molar-refractivity contribution in [1.82, 2.24) is 14.8 Å². The summed E-state index contributed by atoms with van der Waals surface area (Å²) < 4.78 is 5.24. The number of benzene rings is 1. The van der Waals surface area contributed by atoms with Gasteiger partial charge in [-0.1, -0.05) is 12.5 Å². The Bertz CT molecular complexity index is 761. The van der Waals surface area contributed by atoms with Gasteiger partial charge in [0, 0.05) is 31.1 Å². The Morgan fingerprint density at radius 2 is 2.08 bits per heavy atom. The average Bonchev–Trinajstić information content (AvgIpc) is 2.66. The minimum Gasteiger partial charge on any atom is -0.497 e. The molecule has 0 unspecified atom stereocenters. The molecule has 126 valence electrons. The molecule has 5 heteroatoms. The highest BCUT2D eigenvalue weighted by atomic mass is 16.5. The topological polar surface area (TPSA) is 45.7 Å². The number of fused-ring (bicyclic) bond motifs is 2. The second-order valence-corrected chi connectivity index (χ2v) is 6.69. The highest BCUT2D eigenvalue weighted by Gasteiger charge is 2.31. The van der Waals surface area contributed by atoms with Crippen LogP contribution in [0.3, 0.4) is 0 Å². The van der Waals surface area contributed by atoms with Gasteiger partial charge in [0.05, 0.1) is 12.6 Å². The van der Waals surface area contributed by atoms with E-state index in [2.05, 4.69) is 9.88 Å². The molecule has 1 aromatic carbocycles. The van der Waals surface area contributed by atoms with Gasteiger partial charge in [0.15, 0.2) is 0 Å². The molecule has 4 rings (SSSR count). The lowest BCUT2D eigenvalue weighted by Gasteiger charge is -2.43. The Labute approximate surface area is 142 Å². The van der Waals surface area contributed by atoms with E-state index >= 15 is 0 Å². The third kappa shape index (κ3) is 2.84. The van der Waals surface area contributed by atoms with E-state index < -0.39 is 0 Å². The van der Waals surface area contributed by atoms with E-state index in [0.717, 1.165) is 36.3 Å². The van der Waals surface area contributed by atoms with Crippen molar-refractivity contribution >= 4 is 16.8 Å². The molecule has 2 aliphatic heterocycles. The summed E-state index contributed by atoms with van der Waals surface area (Å²) >= 11 is 0. The van der Waals surface area contributed by atoms with Gasteiger partial charge in [-0.25, -0.2) is 4.98 Å². The number of rotatable bonds is 2. The normalized spacial score (nSPS) is 21.5. The first-order valence-electron chi connectivity index (χ1n) is 8.73. The van der Waals surface area contributed by atoms with Gasteiger partial charge in [-0.05, 0) is 43.7 Å². The Morgan fingerprint density at radius 3 is 2.96 bits per heavy atom. The molecular weight excluding hydrogens is 302 g/mol. The number of carbonyl (C=O) groups excluding carboxylic acids is 1. The van der Waals surface area contributed by atoms with Crippen molar-refractivity contribution in [3.8, 4) is 5.75 Å². The van der Waals surface area contributed by atoms with Crippen molar-refractivity contribution in [2.45, 2.75) is 25.3 Å². The quantitative estimate of drug-likeness (QED) is 0.851. The van der Waals surface area contributed by atoms with E-state index in [1.54, 1.807) is 7.11 Å². The second-order valence-electron chi connectivity index (χ2n) is 6.69. The number of methoxy groups -OCH3 is 1. The monoisotopic (exact) mass is 325 g/mol. The van der Waals surface area contributed by atoms with Crippen LogP contribution in [0.25, 0.3) is 10.9 Å². The molecule has 0 spiro atoms. The molecule has 5 nitrogen and oxygen atoms in total. The molecule has 1 aromatic heterocycles. The van der Waals surface area contributed by atoms with Gasteiger partial charge in [-0.15, -0.1) is 0 Å². The van der Waals surface area contributed by atoms with E-state index in [4.69, 9.17) is 4.74 Å². The van der Waals surface area contributed by atoms with Crippen LogP contribution in [0.2, 0.25) is 0 Å². The van der Waals surface area contributed by atoms with E-state index in [1.165, 1.54) is 25.8 Å². The average molecular weight is 325 g/mol. The molecule has 2 fully saturated rings. The predicted molar refractivity (Wildman–Crippen MR) is 93.4 cm³/mol. The molecule has 0 bridgehead atoms. The van der Waals surface area contributed by atoms with Crippen molar-refractivity contribution in [3.63, 3.8) is 0 Å². The molecule has 0 saturated carbocycles. The van der Waals surface area contributed by atoms with Crippen LogP contribution in [0.5, 0.6) is 5.75 Å². The largest absolute Gasteiger partial charge is 0.497 e. The molecule has 0 radical (unpaired) electrons. The molecule has 2 aromatic rings. The van der Waals surface area contributed by atoms with Crippen LogP contribution >= 0.6 is 0 Å². The number of hydrogen-bond acceptors (Lipinski definition) is 4. The molecule has 1 amide bonds. The lowest BCUT2D eigenvalue weighted by molar-refractivity contribution is 0.0368. The molecule has 2 aliphatic rings. The summed E-state index contributed by atoms with van der Waals surface area (Å²) in [6.45, 7) is 3.81. The van der Waals surface area contributed by atoms with Crippen LogP contribution < -0.4 is 4.74 Å². The lowest BCUT2D eigenvalue weighted by Crippen LogP contribution is -2.56. The predicted octanol–water partition coefficient (Wildman–Crippen LogP) is 2.55. The zero-order valence-electron chi connectivity index (χ0n) is 14.1. The molecule has 0 N–H and O–H groups in total. The van der Waals surface area contributed by atoms with Gasteiger partial charge in [0.1, 0.15) is 11.4 Å². The van der Waals surface area contributed by atoms with E-state index in [1.807, 2.05) is 35.2 Å². The summed E-state index contributed by atoms with van der Waals surface area (Å²) in [5.41, 5.74) is 1.37. The zero-order chi connectivity index (χ0) is 16.5. The minimum atomic E-state index is 0.0536. The maximum atomic E-state index is 12.9. The van der Waals surface area contributed by atoms with Gasteiger partial charge in [-0.2, -0.15) is 0 Å². The van der Waals surface area contributed by atoms with Crippen LogP contribution in [0.4, 0.5) is 0 Å². The first kappa shape index (κ1) is 15.4. The van der Waals surface area contributed by atoms with Crippen molar-refractivity contribution in [2.24, 2.45) is 0 Å². The molecule has 2 saturated heterocycles. The van der Waals surface area contributed by atoms with Gasteiger partial charge in [0.2, 0.25) is 0 Å². The maximum absolute atomic E-state index is 12.9. The maximum Gasteiger partial charge on any atom is 0.272 e. The van der Waals surface area contributed by atoms with Gasteiger partial charge < -0.3 is 9.64 Å². The number of carbonyl (C=O) groups is 1. The smallest absolute Gasteiger partial charge is 0.272 e. The molecule has 1 atom stereocenters. The van der Waals surface area contributed by atoms with Crippen LogP contribution in [-0.2, 0) is 0 Å². The number of ether oxygens (including phenoxy) is 1. The van der Waals surface area contributed by atoms with Crippen LogP contribution in [0, 0.1) is 0 Å². The summed E-state index contributed by atoms with van der Waals surface area (Å²) in [7, 11) is 1.65. The van der Waals surface area contributed by atoms with E-state index in [-0.39, 0.29) is 5.91 Å². The van der Waals surface area contributed by atoms with Gasteiger partial charge in [0.25, 0.3) is 5.91 Å². The van der Waals surface area contributed by atoms with Crippen LogP contribution in [0.15, 0.2) is 30.3 Å². The summed E-state index contributed by atoms with van der Waals surface area (Å²) in [4.78, 5) is 21.9.